The van der Waals surface area contributed by atoms with Crippen LogP contribution < -0.4 is 5.32 Å². The lowest BCUT2D eigenvalue weighted by molar-refractivity contribution is -0.116. The molecule has 0 spiro atoms. The molecule has 2 unspecified atom stereocenters. The Labute approximate surface area is 179 Å². The average Bonchev–Trinajstić information content (AvgIpc) is 3.33. The molecule has 0 fully saturated rings. The molecule has 146 valence electrons. The summed E-state index contributed by atoms with van der Waals surface area (Å²) in [5, 5.41) is 6.87. The zero-order valence-corrected chi connectivity index (χ0v) is 17.2. The van der Waals surface area contributed by atoms with Crippen molar-refractivity contribution in [3.8, 4) is 0 Å². The molecule has 3 nitrogen and oxygen atoms in total. The summed E-state index contributed by atoms with van der Waals surface area (Å²) in [5.41, 5.74) is 6.57. The summed E-state index contributed by atoms with van der Waals surface area (Å²) < 4.78 is 0. The van der Waals surface area contributed by atoms with E-state index in [1.165, 1.54) is 16.0 Å². The van der Waals surface area contributed by atoms with E-state index in [0.717, 1.165) is 34.1 Å². The van der Waals surface area contributed by atoms with Gasteiger partial charge in [0.2, 0.25) is 0 Å². The Kier molecular flexibility index (Phi) is 4.06. The Morgan fingerprint density at radius 3 is 2.67 bits per heavy atom. The summed E-state index contributed by atoms with van der Waals surface area (Å²) in [7, 11) is 0. The van der Waals surface area contributed by atoms with E-state index >= 15 is 0 Å². The van der Waals surface area contributed by atoms with Crippen LogP contribution in [0.5, 0.6) is 0 Å². The number of hydrogen-bond acceptors (Lipinski definition) is 4. The molecule has 0 amide bonds. The summed E-state index contributed by atoms with van der Waals surface area (Å²) in [4.78, 5) is 19.3. The highest BCUT2D eigenvalue weighted by Crippen LogP contribution is 2.51. The number of ketones is 1. The van der Waals surface area contributed by atoms with Crippen molar-refractivity contribution in [2.24, 2.45) is 0 Å². The Morgan fingerprint density at radius 2 is 1.83 bits per heavy atom. The van der Waals surface area contributed by atoms with E-state index in [1.54, 1.807) is 11.3 Å². The number of fused-ring (bicyclic) bond motifs is 4. The molecule has 1 aliphatic heterocycles. The van der Waals surface area contributed by atoms with Crippen LogP contribution >= 0.6 is 11.3 Å². The first-order valence-electron chi connectivity index (χ1n) is 10.3. The van der Waals surface area contributed by atoms with Crippen molar-refractivity contribution >= 4 is 39.3 Å². The van der Waals surface area contributed by atoms with Gasteiger partial charge in [-0.15, -0.1) is 11.3 Å². The molecule has 2 aromatic carbocycles. The number of benzene rings is 2. The smallest absolute Gasteiger partial charge is 0.162 e. The van der Waals surface area contributed by atoms with E-state index in [2.05, 4.69) is 70.3 Å². The lowest BCUT2D eigenvalue weighted by Gasteiger charge is -2.37. The molecule has 0 saturated heterocycles. The maximum atomic E-state index is 13.6. The van der Waals surface area contributed by atoms with Crippen molar-refractivity contribution in [1.29, 1.82) is 0 Å². The molecular weight excluding hydrogens is 388 g/mol. The molecule has 1 N–H and O–H groups in total. The minimum absolute atomic E-state index is 0.0779. The molecule has 2 atom stereocenters. The summed E-state index contributed by atoms with van der Waals surface area (Å²) in [6, 6.07) is 22.8. The summed E-state index contributed by atoms with van der Waals surface area (Å²) >= 11 is 1.70. The van der Waals surface area contributed by atoms with Crippen LogP contribution in [0.4, 0.5) is 5.69 Å². The molecule has 0 radical (unpaired) electrons. The molecule has 4 aromatic rings. The number of thiophene rings is 1. The molecule has 3 heterocycles. The maximum Gasteiger partial charge on any atom is 0.162 e. The zero-order valence-electron chi connectivity index (χ0n) is 16.3. The quantitative estimate of drug-likeness (QED) is 0.419. The highest BCUT2D eigenvalue weighted by molar-refractivity contribution is 7.10. The second kappa shape index (κ2) is 6.92. The van der Waals surface area contributed by atoms with Crippen LogP contribution in [0.1, 0.15) is 40.8 Å². The minimum Gasteiger partial charge on any atom is -0.373 e. The normalized spacial score (nSPS) is 20.6. The fraction of sp³-hybridized carbons (Fsp3) is 0.154. The maximum absolute atomic E-state index is 13.6. The average molecular weight is 409 g/mol. The second-order valence-electron chi connectivity index (χ2n) is 7.98. The number of hydrogen-bond donors (Lipinski definition) is 1. The van der Waals surface area contributed by atoms with Gasteiger partial charge in [0.1, 0.15) is 0 Å². The van der Waals surface area contributed by atoms with Gasteiger partial charge in [-0.2, -0.15) is 0 Å². The Hall–Kier alpha value is -3.24. The number of anilines is 1. The Morgan fingerprint density at radius 1 is 0.933 bits per heavy atom. The fourth-order valence-electron chi connectivity index (χ4n) is 4.96. The monoisotopic (exact) mass is 408 g/mol. The van der Waals surface area contributed by atoms with Crippen LogP contribution in [0.15, 0.2) is 83.9 Å². The van der Waals surface area contributed by atoms with Crippen molar-refractivity contribution in [3.05, 3.63) is 99.9 Å². The number of rotatable bonds is 2. The van der Waals surface area contributed by atoms with E-state index in [9.17, 15) is 4.79 Å². The van der Waals surface area contributed by atoms with Crippen LogP contribution in [0.25, 0.3) is 16.5 Å². The molecular formula is C26H20N2OS. The molecule has 6 rings (SSSR count). The van der Waals surface area contributed by atoms with Crippen LogP contribution in [0.2, 0.25) is 0 Å². The van der Waals surface area contributed by atoms with Crippen molar-refractivity contribution in [2.75, 3.05) is 5.32 Å². The van der Waals surface area contributed by atoms with Gasteiger partial charge in [-0.05, 0) is 53.1 Å². The summed E-state index contributed by atoms with van der Waals surface area (Å²) in [5.74, 6) is 0.460. The predicted octanol–water partition coefficient (Wildman–Crippen LogP) is 6.36. The first-order valence-corrected chi connectivity index (χ1v) is 11.2. The van der Waals surface area contributed by atoms with Crippen LogP contribution in [-0.4, -0.2) is 10.8 Å². The van der Waals surface area contributed by atoms with Gasteiger partial charge in [0, 0.05) is 39.7 Å². The van der Waals surface area contributed by atoms with Gasteiger partial charge in [0.05, 0.1) is 11.6 Å². The highest BCUT2D eigenvalue weighted by atomic mass is 32.1. The number of carbonyl (C=O) groups is 1. The van der Waals surface area contributed by atoms with Gasteiger partial charge < -0.3 is 5.32 Å². The molecule has 30 heavy (non-hydrogen) atoms. The number of nitrogens with zero attached hydrogens (tertiary/aromatic N) is 1. The molecule has 2 aromatic heterocycles. The number of Topliss-reactive ketones (excluding diaryl/α,β-unsaturated/α-hetero) is 1. The molecule has 2 aliphatic rings. The predicted molar refractivity (Wildman–Crippen MR) is 123 cm³/mol. The molecule has 0 saturated carbocycles. The van der Waals surface area contributed by atoms with E-state index in [0.29, 0.717) is 6.42 Å². The van der Waals surface area contributed by atoms with Crippen LogP contribution in [0, 0.1) is 0 Å². The number of allylic oxidation sites excluding steroid dienone is 1. The van der Waals surface area contributed by atoms with Gasteiger partial charge >= 0.3 is 0 Å². The second-order valence-corrected chi connectivity index (χ2v) is 8.96. The SMILES string of the molecule is O=C1CC(c2ccccc2)CC2=C1C(c1cccs1)Nc1ccc3ncccc3c12. The standard InChI is InChI=1S/C26H20N2OS/c29-22-15-17(16-6-2-1-3-7-16)14-19-24-18-8-4-12-27-20(18)10-11-21(24)28-26(25(19)22)23-9-5-13-30-23/h1-13,17,26,28H,14-15H2. The van der Waals surface area contributed by atoms with Gasteiger partial charge in [-0.25, -0.2) is 0 Å². The number of nitrogens with one attached hydrogen (secondary N) is 1. The third-order valence-corrected chi connectivity index (χ3v) is 7.22. The zero-order chi connectivity index (χ0) is 20.1. The third-order valence-electron chi connectivity index (χ3n) is 6.28. The Balaban J connectivity index is 1.59. The number of carbonyl (C=O) groups excluding carboxylic acids is 1. The number of pyridine rings is 1. The lowest BCUT2D eigenvalue weighted by atomic mass is 9.72. The van der Waals surface area contributed by atoms with Crippen molar-refractivity contribution < 1.29 is 4.79 Å². The molecule has 4 heteroatoms. The van der Waals surface area contributed by atoms with Gasteiger partial charge in [-0.3, -0.25) is 9.78 Å². The van der Waals surface area contributed by atoms with E-state index in [4.69, 9.17) is 0 Å². The highest BCUT2D eigenvalue weighted by Gasteiger charge is 2.38. The minimum atomic E-state index is -0.0779. The van der Waals surface area contributed by atoms with Crippen molar-refractivity contribution in [3.63, 3.8) is 0 Å². The van der Waals surface area contributed by atoms with E-state index < -0.39 is 0 Å². The summed E-state index contributed by atoms with van der Waals surface area (Å²) in [6.45, 7) is 0. The lowest BCUT2D eigenvalue weighted by Crippen LogP contribution is -2.29. The van der Waals surface area contributed by atoms with Crippen LogP contribution in [-0.2, 0) is 4.79 Å². The number of aromatic nitrogens is 1. The molecule has 1 aliphatic carbocycles. The van der Waals surface area contributed by atoms with Crippen molar-refractivity contribution in [1.82, 2.24) is 4.98 Å². The van der Waals surface area contributed by atoms with Crippen LogP contribution in [0.3, 0.4) is 0 Å². The third kappa shape index (κ3) is 2.71. The first-order chi connectivity index (χ1) is 14.8. The topological polar surface area (TPSA) is 42.0 Å². The fourth-order valence-corrected chi connectivity index (χ4v) is 5.74. The Bertz CT molecular complexity index is 1290. The van der Waals surface area contributed by atoms with E-state index in [-0.39, 0.29) is 17.7 Å². The van der Waals surface area contributed by atoms with Gasteiger partial charge in [0.25, 0.3) is 0 Å². The largest absolute Gasteiger partial charge is 0.373 e. The van der Waals surface area contributed by atoms with E-state index in [1.807, 2.05) is 18.3 Å². The first kappa shape index (κ1) is 17.6. The van der Waals surface area contributed by atoms with Crippen molar-refractivity contribution in [2.45, 2.75) is 24.8 Å². The molecule has 0 bridgehead atoms. The summed E-state index contributed by atoms with van der Waals surface area (Å²) in [6.07, 6.45) is 3.26. The van der Waals surface area contributed by atoms with Gasteiger partial charge in [0.15, 0.2) is 5.78 Å². The van der Waals surface area contributed by atoms with Gasteiger partial charge in [-0.1, -0.05) is 42.5 Å².